The van der Waals surface area contributed by atoms with E-state index in [9.17, 15) is 13.2 Å². The third-order valence-electron chi connectivity index (χ3n) is 2.26. The van der Waals surface area contributed by atoms with Crippen LogP contribution in [0.3, 0.4) is 0 Å². The molecule has 7 heteroatoms. The number of rotatable bonds is 5. The van der Waals surface area contributed by atoms with E-state index in [2.05, 4.69) is 11.3 Å². The Morgan fingerprint density at radius 2 is 2.05 bits per heavy atom. The number of methoxy groups -OCH3 is 1. The molecule has 2 N–H and O–H groups in total. The fraction of sp³-hybridized carbons (Fsp3) is 0.333. The SMILES string of the molecule is C=CC[C@H](N)c1ccc(OC(F)(F)F)cc1OC.Cl. The van der Waals surface area contributed by atoms with Gasteiger partial charge in [0, 0.05) is 17.7 Å². The van der Waals surface area contributed by atoms with E-state index in [1.165, 1.54) is 19.2 Å². The van der Waals surface area contributed by atoms with Crippen LogP contribution in [0.4, 0.5) is 13.2 Å². The van der Waals surface area contributed by atoms with Crippen molar-refractivity contribution in [1.82, 2.24) is 0 Å². The van der Waals surface area contributed by atoms with Gasteiger partial charge in [0.2, 0.25) is 0 Å². The Labute approximate surface area is 115 Å². The lowest BCUT2D eigenvalue weighted by molar-refractivity contribution is -0.274. The summed E-state index contributed by atoms with van der Waals surface area (Å²) in [5.74, 6) is -0.0833. The predicted octanol–water partition coefficient (Wildman–Crippen LogP) is 3.59. The van der Waals surface area contributed by atoms with Crippen molar-refractivity contribution in [3.05, 3.63) is 36.4 Å². The first-order valence-corrected chi connectivity index (χ1v) is 5.17. The van der Waals surface area contributed by atoms with Crippen LogP contribution in [-0.2, 0) is 0 Å². The average Bonchev–Trinajstić information content (AvgIpc) is 2.27. The molecule has 0 bridgehead atoms. The molecule has 0 aromatic heterocycles. The van der Waals surface area contributed by atoms with Crippen LogP contribution in [0.1, 0.15) is 18.0 Å². The van der Waals surface area contributed by atoms with Gasteiger partial charge in [-0.15, -0.1) is 32.2 Å². The van der Waals surface area contributed by atoms with Gasteiger partial charge < -0.3 is 15.2 Å². The van der Waals surface area contributed by atoms with Gasteiger partial charge in [-0.05, 0) is 12.5 Å². The average molecular weight is 298 g/mol. The number of hydrogen-bond acceptors (Lipinski definition) is 3. The molecule has 0 aliphatic rings. The highest BCUT2D eigenvalue weighted by Gasteiger charge is 2.31. The van der Waals surface area contributed by atoms with E-state index < -0.39 is 6.36 Å². The Bertz CT molecular complexity index is 424. The molecular weight excluding hydrogens is 283 g/mol. The zero-order chi connectivity index (χ0) is 13.8. The molecule has 0 saturated carbocycles. The quantitative estimate of drug-likeness (QED) is 0.845. The van der Waals surface area contributed by atoms with Gasteiger partial charge in [-0.25, -0.2) is 0 Å². The topological polar surface area (TPSA) is 44.5 Å². The smallest absolute Gasteiger partial charge is 0.496 e. The number of alkyl halides is 3. The second-order valence-corrected chi connectivity index (χ2v) is 3.58. The summed E-state index contributed by atoms with van der Waals surface area (Å²) in [6.07, 6.45) is -2.60. The number of hydrogen-bond donors (Lipinski definition) is 1. The Balaban J connectivity index is 0.00000324. The maximum Gasteiger partial charge on any atom is 0.573 e. The highest BCUT2D eigenvalue weighted by atomic mass is 35.5. The van der Waals surface area contributed by atoms with Gasteiger partial charge in [0.1, 0.15) is 11.5 Å². The standard InChI is InChI=1S/C12H14F3NO2.ClH/c1-3-4-10(16)9-6-5-8(7-11(9)17-2)18-12(13,14)15;/h3,5-7,10H,1,4,16H2,2H3;1H/t10-;/m0./s1. The molecule has 0 fully saturated rings. The number of benzene rings is 1. The van der Waals surface area contributed by atoms with E-state index >= 15 is 0 Å². The minimum atomic E-state index is -4.73. The summed E-state index contributed by atoms with van der Waals surface area (Å²) in [5, 5.41) is 0. The first-order valence-electron chi connectivity index (χ1n) is 5.17. The second kappa shape index (κ2) is 7.25. The molecule has 0 amide bonds. The van der Waals surface area contributed by atoms with E-state index in [1.807, 2.05) is 0 Å². The van der Waals surface area contributed by atoms with Crippen molar-refractivity contribution in [2.45, 2.75) is 18.8 Å². The highest BCUT2D eigenvalue weighted by Crippen LogP contribution is 2.32. The molecule has 1 aromatic carbocycles. The van der Waals surface area contributed by atoms with E-state index in [0.29, 0.717) is 12.0 Å². The van der Waals surface area contributed by atoms with Crippen molar-refractivity contribution in [2.24, 2.45) is 5.73 Å². The second-order valence-electron chi connectivity index (χ2n) is 3.58. The monoisotopic (exact) mass is 297 g/mol. The molecule has 0 saturated heterocycles. The summed E-state index contributed by atoms with van der Waals surface area (Å²) in [7, 11) is 1.36. The molecule has 0 heterocycles. The Morgan fingerprint density at radius 1 is 1.42 bits per heavy atom. The first kappa shape index (κ1) is 17.6. The van der Waals surface area contributed by atoms with Gasteiger partial charge in [0.25, 0.3) is 0 Å². The zero-order valence-corrected chi connectivity index (χ0v) is 11.1. The van der Waals surface area contributed by atoms with Crippen molar-refractivity contribution in [3.63, 3.8) is 0 Å². The third-order valence-corrected chi connectivity index (χ3v) is 2.26. The Morgan fingerprint density at radius 3 is 2.53 bits per heavy atom. The van der Waals surface area contributed by atoms with Crippen LogP contribution in [0.15, 0.2) is 30.9 Å². The minimum Gasteiger partial charge on any atom is -0.496 e. The van der Waals surface area contributed by atoms with E-state index in [1.54, 1.807) is 6.08 Å². The molecule has 0 aliphatic carbocycles. The normalized spacial score (nSPS) is 12.3. The summed E-state index contributed by atoms with van der Waals surface area (Å²) in [6.45, 7) is 3.55. The van der Waals surface area contributed by atoms with E-state index in [0.717, 1.165) is 6.07 Å². The van der Waals surface area contributed by atoms with Crippen LogP contribution >= 0.6 is 12.4 Å². The van der Waals surface area contributed by atoms with Gasteiger partial charge in [-0.3, -0.25) is 0 Å². The van der Waals surface area contributed by atoms with Crippen molar-refractivity contribution in [3.8, 4) is 11.5 Å². The van der Waals surface area contributed by atoms with E-state index in [4.69, 9.17) is 10.5 Å². The summed E-state index contributed by atoms with van der Waals surface area (Å²) in [5.41, 5.74) is 6.45. The molecule has 3 nitrogen and oxygen atoms in total. The van der Waals surface area contributed by atoms with Crippen LogP contribution in [0.25, 0.3) is 0 Å². The summed E-state index contributed by atoms with van der Waals surface area (Å²) >= 11 is 0. The van der Waals surface area contributed by atoms with Crippen molar-refractivity contribution in [2.75, 3.05) is 7.11 Å². The number of ether oxygens (including phenoxy) is 2. The van der Waals surface area contributed by atoms with Crippen LogP contribution < -0.4 is 15.2 Å². The van der Waals surface area contributed by atoms with Crippen LogP contribution in [0.2, 0.25) is 0 Å². The highest BCUT2D eigenvalue weighted by molar-refractivity contribution is 5.85. The first-order chi connectivity index (χ1) is 8.37. The Hall–Kier alpha value is -1.40. The molecule has 19 heavy (non-hydrogen) atoms. The number of halogens is 4. The van der Waals surface area contributed by atoms with Crippen LogP contribution in [-0.4, -0.2) is 13.5 Å². The van der Waals surface area contributed by atoms with Gasteiger partial charge in [0.15, 0.2) is 0 Å². The molecule has 0 radical (unpaired) electrons. The zero-order valence-electron chi connectivity index (χ0n) is 10.2. The predicted molar refractivity (Wildman–Crippen MR) is 68.7 cm³/mol. The van der Waals surface area contributed by atoms with Crippen molar-refractivity contribution in [1.29, 1.82) is 0 Å². The maximum absolute atomic E-state index is 12.1. The number of nitrogens with two attached hydrogens (primary N) is 1. The Kier molecular flexibility index (Phi) is 6.72. The molecule has 0 spiro atoms. The summed E-state index contributed by atoms with van der Waals surface area (Å²) < 4.78 is 45.0. The van der Waals surface area contributed by atoms with Crippen LogP contribution in [0, 0.1) is 0 Å². The third kappa shape index (κ3) is 5.40. The molecular formula is C12H15ClF3NO2. The molecule has 0 unspecified atom stereocenters. The molecule has 1 rings (SSSR count). The molecule has 1 atom stereocenters. The molecule has 1 aromatic rings. The van der Waals surface area contributed by atoms with Gasteiger partial charge >= 0.3 is 6.36 Å². The fourth-order valence-corrected chi connectivity index (χ4v) is 1.50. The van der Waals surface area contributed by atoms with E-state index in [-0.39, 0.29) is 29.9 Å². The minimum absolute atomic E-state index is 0. The molecule has 108 valence electrons. The fourth-order valence-electron chi connectivity index (χ4n) is 1.50. The molecule has 0 aliphatic heterocycles. The summed E-state index contributed by atoms with van der Waals surface area (Å²) in [6, 6.07) is 3.44. The lowest BCUT2D eigenvalue weighted by atomic mass is 10.0. The van der Waals surface area contributed by atoms with Crippen molar-refractivity contribution >= 4 is 12.4 Å². The lowest BCUT2D eigenvalue weighted by Crippen LogP contribution is -2.17. The van der Waals surface area contributed by atoms with Gasteiger partial charge in [-0.2, -0.15) is 0 Å². The largest absolute Gasteiger partial charge is 0.573 e. The van der Waals surface area contributed by atoms with Crippen molar-refractivity contribution < 1.29 is 22.6 Å². The van der Waals surface area contributed by atoms with Crippen LogP contribution in [0.5, 0.6) is 11.5 Å². The summed E-state index contributed by atoms with van der Waals surface area (Å²) in [4.78, 5) is 0. The maximum atomic E-state index is 12.1. The lowest BCUT2D eigenvalue weighted by Gasteiger charge is -2.16. The van der Waals surface area contributed by atoms with Gasteiger partial charge in [0.05, 0.1) is 7.11 Å². The van der Waals surface area contributed by atoms with Gasteiger partial charge in [-0.1, -0.05) is 12.1 Å².